The number of hydrogen-bond acceptors (Lipinski definition) is 0. The minimum Gasteiger partial charge on any atom is -0.176 e. The molecule has 0 amide bonds. The SMILES string of the molecule is CC[Si][Si]Cl. The number of halogens is 1. The van der Waals surface area contributed by atoms with Crippen LogP contribution >= 0.6 is 11.1 Å². The molecule has 0 spiro atoms. The van der Waals surface area contributed by atoms with Crippen molar-refractivity contribution in [3.8, 4) is 0 Å². The highest BCUT2D eigenvalue weighted by Gasteiger charge is 1.76. The van der Waals surface area contributed by atoms with E-state index >= 15 is 0 Å². The van der Waals surface area contributed by atoms with Crippen molar-refractivity contribution < 1.29 is 0 Å². The van der Waals surface area contributed by atoms with Gasteiger partial charge in [0.25, 0.3) is 0 Å². The predicted molar refractivity (Wildman–Crippen MR) is 27.8 cm³/mol. The van der Waals surface area contributed by atoms with Crippen molar-refractivity contribution in [3.63, 3.8) is 0 Å². The molecule has 0 aromatic carbocycles. The maximum atomic E-state index is 5.34. The average molecular weight is 121 g/mol. The number of hydrogen-bond donors (Lipinski definition) is 0. The van der Waals surface area contributed by atoms with Gasteiger partial charge in [-0.3, -0.25) is 0 Å². The highest BCUT2D eigenvalue weighted by atomic mass is 35.6. The molecule has 3 heteroatoms. The molecule has 0 bridgehead atoms. The Hall–Kier alpha value is 0.724. The summed E-state index contributed by atoms with van der Waals surface area (Å²) in [4.78, 5) is 0. The van der Waals surface area contributed by atoms with Crippen LogP contribution in [-0.2, 0) is 0 Å². The van der Waals surface area contributed by atoms with Crippen molar-refractivity contribution in [1.82, 2.24) is 0 Å². The van der Waals surface area contributed by atoms with Crippen LogP contribution in [0, 0.1) is 0 Å². The quantitative estimate of drug-likeness (QED) is 0.375. The summed E-state index contributed by atoms with van der Waals surface area (Å²) in [7, 11) is 1.65. The summed E-state index contributed by atoms with van der Waals surface area (Å²) in [5, 5.41) is 0. The molecule has 0 aliphatic rings. The van der Waals surface area contributed by atoms with E-state index < -0.39 is 0 Å². The highest BCUT2D eigenvalue weighted by Crippen LogP contribution is 1.71. The first-order chi connectivity index (χ1) is 2.41. The fraction of sp³-hybridized carbons (Fsp3) is 1.00. The van der Waals surface area contributed by atoms with Gasteiger partial charge in [0.2, 0.25) is 0 Å². The van der Waals surface area contributed by atoms with Crippen molar-refractivity contribution in [1.29, 1.82) is 0 Å². The molecule has 5 heavy (non-hydrogen) atoms. The minimum absolute atomic E-state index is 0.658. The second-order valence-electron chi connectivity index (χ2n) is 0.625. The van der Waals surface area contributed by atoms with E-state index in [2.05, 4.69) is 6.92 Å². The monoisotopic (exact) mass is 120 g/mol. The second kappa shape index (κ2) is 4.72. The molecule has 0 nitrogen and oxygen atoms in total. The Balaban J connectivity index is 2.19. The first-order valence-corrected chi connectivity index (χ1v) is 5.72. The van der Waals surface area contributed by atoms with Gasteiger partial charge >= 0.3 is 0 Å². The van der Waals surface area contributed by atoms with Gasteiger partial charge in [-0.05, 0) is 0 Å². The van der Waals surface area contributed by atoms with Crippen molar-refractivity contribution in [2.75, 3.05) is 0 Å². The Kier molecular flexibility index (Phi) is 5.41. The molecular formula is C2H5ClSi2. The zero-order valence-electron chi connectivity index (χ0n) is 3.09. The Morgan fingerprint density at radius 2 is 2.40 bits per heavy atom. The number of rotatable bonds is 2. The van der Waals surface area contributed by atoms with Crippen molar-refractivity contribution in [2.24, 2.45) is 0 Å². The van der Waals surface area contributed by atoms with Crippen LogP contribution in [0.5, 0.6) is 0 Å². The summed E-state index contributed by atoms with van der Waals surface area (Å²) >= 11 is 5.34. The van der Waals surface area contributed by atoms with Gasteiger partial charge in [0, 0.05) is 9.04 Å². The Morgan fingerprint density at radius 3 is 2.40 bits per heavy atom. The van der Waals surface area contributed by atoms with Crippen molar-refractivity contribution in [2.45, 2.75) is 13.0 Å². The zero-order chi connectivity index (χ0) is 4.12. The Morgan fingerprint density at radius 1 is 1.80 bits per heavy atom. The maximum absolute atomic E-state index is 5.34. The lowest BCUT2D eigenvalue weighted by atomic mass is 11.0. The molecule has 0 fully saturated rings. The van der Waals surface area contributed by atoms with Crippen molar-refractivity contribution in [3.05, 3.63) is 0 Å². The average Bonchev–Trinajstić information content (AvgIpc) is 1.41. The van der Waals surface area contributed by atoms with E-state index in [4.69, 9.17) is 11.1 Å². The lowest BCUT2D eigenvalue weighted by Crippen LogP contribution is -1.89. The van der Waals surface area contributed by atoms with E-state index in [0.717, 1.165) is 9.04 Å². The third-order valence-corrected chi connectivity index (χ3v) is 3.40. The van der Waals surface area contributed by atoms with Crippen LogP contribution < -0.4 is 0 Å². The molecule has 0 atom stereocenters. The van der Waals surface area contributed by atoms with Gasteiger partial charge in [0.05, 0.1) is 0 Å². The minimum atomic E-state index is 0.658. The van der Waals surface area contributed by atoms with E-state index in [9.17, 15) is 0 Å². The summed E-state index contributed by atoms with van der Waals surface area (Å²) in [5.41, 5.74) is 0. The summed E-state index contributed by atoms with van der Waals surface area (Å²) in [6, 6.07) is 1.25. The third-order valence-electron chi connectivity index (χ3n) is 0.244. The molecule has 28 valence electrons. The van der Waals surface area contributed by atoms with Gasteiger partial charge in [-0.15, -0.1) is 0 Å². The first kappa shape index (κ1) is 5.72. The van der Waals surface area contributed by atoms with E-state index in [1.165, 1.54) is 6.04 Å². The fourth-order valence-electron chi connectivity index (χ4n) is 0.0668. The van der Waals surface area contributed by atoms with Gasteiger partial charge in [0.1, 0.15) is 0 Å². The molecular weight excluding hydrogens is 116 g/mol. The summed E-state index contributed by atoms with van der Waals surface area (Å²) < 4.78 is 0. The Labute approximate surface area is 42.0 Å². The lowest BCUT2D eigenvalue weighted by Gasteiger charge is -1.72. The van der Waals surface area contributed by atoms with Crippen molar-refractivity contribution >= 4 is 28.5 Å². The van der Waals surface area contributed by atoms with Crippen LogP contribution in [0.2, 0.25) is 6.04 Å². The van der Waals surface area contributed by atoms with E-state index in [0.29, 0.717) is 8.35 Å². The van der Waals surface area contributed by atoms with Gasteiger partial charge in [-0.25, -0.2) is 0 Å². The smallest absolute Gasteiger partial charge is 0.152 e. The Bertz CT molecular complexity index is 15.1. The molecule has 0 rings (SSSR count). The van der Waals surface area contributed by atoms with E-state index in [1.807, 2.05) is 0 Å². The largest absolute Gasteiger partial charge is 0.176 e. The van der Waals surface area contributed by atoms with Crippen LogP contribution in [0.4, 0.5) is 0 Å². The zero-order valence-corrected chi connectivity index (χ0v) is 5.84. The first-order valence-electron chi connectivity index (χ1n) is 1.50. The topological polar surface area (TPSA) is 0 Å². The molecule has 4 radical (unpaired) electrons. The van der Waals surface area contributed by atoms with Crippen LogP contribution in [0.15, 0.2) is 0 Å². The molecule has 0 saturated carbocycles. The molecule has 0 aliphatic carbocycles. The van der Waals surface area contributed by atoms with Crippen LogP contribution in [0.25, 0.3) is 0 Å². The maximum Gasteiger partial charge on any atom is 0.152 e. The molecule has 0 N–H and O–H groups in total. The standard InChI is InChI=1S/C2H5ClSi2/c1-2-4-5-3/h2H2,1H3. The molecule has 0 unspecified atom stereocenters. The lowest BCUT2D eigenvalue weighted by molar-refractivity contribution is 1.47. The van der Waals surface area contributed by atoms with Gasteiger partial charge in [-0.1, -0.05) is 13.0 Å². The molecule has 0 aliphatic heterocycles. The highest BCUT2D eigenvalue weighted by molar-refractivity contribution is 7.26. The van der Waals surface area contributed by atoms with Crippen LogP contribution in [-0.4, -0.2) is 17.4 Å². The molecule has 0 saturated heterocycles. The van der Waals surface area contributed by atoms with E-state index in [1.54, 1.807) is 0 Å². The van der Waals surface area contributed by atoms with Gasteiger partial charge < -0.3 is 0 Å². The second-order valence-corrected chi connectivity index (χ2v) is 5.20. The van der Waals surface area contributed by atoms with Gasteiger partial charge in [-0.2, -0.15) is 11.1 Å². The summed E-state index contributed by atoms with van der Waals surface area (Å²) in [5.74, 6) is 0. The summed E-state index contributed by atoms with van der Waals surface area (Å²) in [6.45, 7) is 2.15. The molecule has 0 aromatic heterocycles. The fourth-order valence-corrected chi connectivity index (χ4v) is 1.80. The van der Waals surface area contributed by atoms with E-state index in [-0.39, 0.29) is 0 Å². The predicted octanol–water partition coefficient (Wildman–Crippen LogP) is 0.902. The third kappa shape index (κ3) is 4.72. The normalized spacial score (nSPS) is 8.40. The molecule has 0 heterocycles. The van der Waals surface area contributed by atoms with Crippen LogP contribution in [0.1, 0.15) is 6.92 Å². The molecule has 0 aromatic rings. The van der Waals surface area contributed by atoms with Gasteiger partial charge in [0.15, 0.2) is 8.35 Å². The van der Waals surface area contributed by atoms with Crippen LogP contribution in [0.3, 0.4) is 0 Å². The summed E-state index contributed by atoms with van der Waals surface area (Å²) in [6.07, 6.45) is 0.